The number of aromatic nitrogens is 2. The van der Waals surface area contributed by atoms with Crippen LogP contribution in [0, 0.1) is 19.8 Å². The molecule has 6 heteroatoms. The summed E-state index contributed by atoms with van der Waals surface area (Å²) in [6.45, 7) is 5.71. The smallest absolute Gasteiger partial charge is 0.246 e. The lowest BCUT2D eigenvalue weighted by Crippen LogP contribution is -2.39. The van der Waals surface area contributed by atoms with Crippen molar-refractivity contribution < 1.29 is 8.42 Å². The lowest BCUT2D eigenvalue weighted by Gasteiger charge is -2.32. The summed E-state index contributed by atoms with van der Waals surface area (Å²) in [7, 11) is -1.74. The van der Waals surface area contributed by atoms with Gasteiger partial charge in [-0.1, -0.05) is 6.92 Å². The van der Waals surface area contributed by atoms with Crippen LogP contribution in [0.15, 0.2) is 4.90 Å². The van der Waals surface area contributed by atoms with Crippen molar-refractivity contribution >= 4 is 10.0 Å². The van der Waals surface area contributed by atoms with Gasteiger partial charge in [-0.05, 0) is 45.4 Å². The lowest BCUT2D eigenvalue weighted by molar-refractivity contribution is 0.246. The van der Waals surface area contributed by atoms with Crippen molar-refractivity contribution in [2.24, 2.45) is 5.92 Å². The Morgan fingerprint density at radius 1 is 1.21 bits per heavy atom. The predicted octanol–water partition coefficient (Wildman–Crippen LogP) is 2.23. The van der Waals surface area contributed by atoms with E-state index in [0.717, 1.165) is 25.7 Å². The largest absolute Gasteiger partial charge is 0.281 e. The molecule has 0 bridgehead atoms. The minimum Gasteiger partial charge on any atom is -0.281 e. The van der Waals surface area contributed by atoms with Crippen LogP contribution in [0.25, 0.3) is 0 Å². The van der Waals surface area contributed by atoms with E-state index in [2.05, 4.69) is 17.1 Å². The van der Waals surface area contributed by atoms with E-state index in [1.165, 1.54) is 0 Å². The topological polar surface area (TPSA) is 66.1 Å². The first-order valence-electron chi connectivity index (χ1n) is 6.83. The van der Waals surface area contributed by atoms with Gasteiger partial charge in [0.05, 0.1) is 11.4 Å². The summed E-state index contributed by atoms with van der Waals surface area (Å²) < 4.78 is 26.9. The van der Waals surface area contributed by atoms with E-state index >= 15 is 0 Å². The standard InChI is InChI=1S/C13H23N3O2S/c1-9-5-7-12(8-6-9)16(4)19(17,18)13-10(2)14-15-11(13)3/h9,12H,5-8H2,1-4H3,(H,14,15). The molecule has 1 saturated carbocycles. The van der Waals surface area contributed by atoms with Gasteiger partial charge in [0.15, 0.2) is 0 Å². The van der Waals surface area contributed by atoms with Crippen molar-refractivity contribution in [3.8, 4) is 0 Å². The van der Waals surface area contributed by atoms with Crippen LogP contribution < -0.4 is 0 Å². The Balaban J connectivity index is 2.25. The van der Waals surface area contributed by atoms with Crippen molar-refractivity contribution in [2.75, 3.05) is 7.05 Å². The highest BCUT2D eigenvalue weighted by Gasteiger charge is 2.33. The molecule has 1 N–H and O–H groups in total. The zero-order chi connectivity index (χ0) is 14.2. The second kappa shape index (κ2) is 5.25. The monoisotopic (exact) mass is 285 g/mol. The second-order valence-electron chi connectivity index (χ2n) is 5.70. The minimum absolute atomic E-state index is 0.120. The van der Waals surface area contributed by atoms with Gasteiger partial charge in [0.1, 0.15) is 4.90 Å². The van der Waals surface area contributed by atoms with Gasteiger partial charge in [0.2, 0.25) is 10.0 Å². The number of hydrogen-bond donors (Lipinski definition) is 1. The Hall–Kier alpha value is -0.880. The molecule has 108 valence electrons. The molecule has 1 aromatic heterocycles. The fraction of sp³-hybridized carbons (Fsp3) is 0.769. The Morgan fingerprint density at radius 3 is 2.26 bits per heavy atom. The second-order valence-corrected chi connectivity index (χ2v) is 7.63. The molecular formula is C13H23N3O2S. The number of hydrogen-bond acceptors (Lipinski definition) is 3. The number of sulfonamides is 1. The normalized spacial score (nSPS) is 24.9. The lowest BCUT2D eigenvalue weighted by atomic mass is 9.87. The summed E-state index contributed by atoms with van der Waals surface area (Å²) in [5.41, 5.74) is 1.17. The highest BCUT2D eigenvalue weighted by Crippen LogP contribution is 2.30. The van der Waals surface area contributed by atoms with Gasteiger partial charge in [0, 0.05) is 13.1 Å². The van der Waals surface area contributed by atoms with Gasteiger partial charge in [-0.2, -0.15) is 9.40 Å². The van der Waals surface area contributed by atoms with Gasteiger partial charge < -0.3 is 0 Å². The summed E-state index contributed by atoms with van der Waals surface area (Å²) in [5, 5.41) is 6.74. The van der Waals surface area contributed by atoms with Crippen molar-refractivity contribution in [3.05, 3.63) is 11.4 Å². The maximum atomic E-state index is 12.7. The van der Waals surface area contributed by atoms with E-state index in [9.17, 15) is 8.42 Å². The molecule has 0 atom stereocenters. The van der Waals surface area contributed by atoms with E-state index in [1.54, 1.807) is 25.2 Å². The zero-order valence-corrected chi connectivity index (χ0v) is 12.9. The minimum atomic E-state index is -3.43. The van der Waals surface area contributed by atoms with Gasteiger partial charge >= 0.3 is 0 Å². The van der Waals surface area contributed by atoms with Crippen LogP contribution in [0.3, 0.4) is 0 Å². The van der Waals surface area contributed by atoms with Crippen LogP contribution in [-0.2, 0) is 10.0 Å². The van der Waals surface area contributed by atoms with Gasteiger partial charge in [-0.15, -0.1) is 0 Å². The summed E-state index contributed by atoms with van der Waals surface area (Å²) in [4.78, 5) is 0.341. The summed E-state index contributed by atoms with van der Waals surface area (Å²) >= 11 is 0. The highest BCUT2D eigenvalue weighted by atomic mass is 32.2. The maximum Gasteiger partial charge on any atom is 0.246 e. The molecule has 19 heavy (non-hydrogen) atoms. The van der Waals surface area contributed by atoms with Crippen LogP contribution in [0.4, 0.5) is 0 Å². The Labute approximate surface area is 115 Å². The molecule has 0 aliphatic heterocycles. The molecular weight excluding hydrogens is 262 g/mol. The molecule has 0 amide bonds. The van der Waals surface area contributed by atoms with Crippen LogP contribution in [0.5, 0.6) is 0 Å². The fourth-order valence-corrected chi connectivity index (χ4v) is 4.61. The first kappa shape index (κ1) is 14.5. The molecule has 5 nitrogen and oxygen atoms in total. The first-order valence-corrected chi connectivity index (χ1v) is 8.27. The molecule has 0 radical (unpaired) electrons. The van der Waals surface area contributed by atoms with Crippen LogP contribution in [-0.4, -0.2) is 36.0 Å². The molecule has 0 spiro atoms. The van der Waals surface area contributed by atoms with Crippen molar-refractivity contribution in [1.82, 2.24) is 14.5 Å². The molecule has 0 saturated heterocycles. The van der Waals surface area contributed by atoms with E-state index in [4.69, 9.17) is 0 Å². The molecule has 1 aromatic rings. The molecule has 1 aliphatic rings. The van der Waals surface area contributed by atoms with E-state index in [-0.39, 0.29) is 6.04 Å². The molecule has 0 aromatic carbocycles. The molecule has 1 fully saturated rings. The number of aromatic amines is 1. The number of rotatable bonds is 3. The number of nitrogens with zero attached hydrogens (tertiary/aromatic N) is 2. The number of H-pyrrole nitrogens is 1. The summed E-state index contributed by atoms with van der Waals surface area (Å²) in [6.07, 6.45) is 4.11. The van der Waals surface area contributed by atoms with Gasteiger partial charge in [-0.3, -0.25) is 5.10 Å². The van der Waals surface area contributed by atoms with Gasteiger partial charge in [-0.25, -0.2) is 8.42 Å². The van der Waals surface area contributed by atoms with Crippen molar-refractivity contribution in [3.63, 3.8) is 0 Å². The van der Waals surface area contributed by atoms with E-state index in [1.807, 2.05) is 0 Å². The third kappa shape index (κ3) is 2.69. The quantitative estimate of drug-likeness (QED) is 0.926. The number of aryl methyl sites for hydroxylation is 2. The van der Waals surface area contributed by atoms with Gasteiger partial charge in [0.25, 0.3) is 0 Å². The third-order valence-corrected chi connectivity index (χ3v) is 6.37. The summed E-state index contributed by atoms with van der Waals surface area (Å²) in [6, 6.07) is 0.120. The molecule has 1 heterocycles. The SMILES string of the molecule is Cc1n[nH]c(C)c1S(=O)(=O)N(C)C1CCC(C)CC1. The third-order valence-electron chi connectivity index (χ3n) is 4.20. The highest BCUT2D eigenvalue weighted by molar-refractivity contribution is 7.89. The maximum absolute atomic E-state index is 12.7. The zero-order valence-electron chi connectivity index (χ0n) is 12.1. The van der Waals surface area contributed by atoms with E-state index in [0.29, 0.717) is 22.2 Å². The first-order chi connectivity index (χ1) is 8.84. The van der Waals surface area contributed by atoms with Crippen LogP contribution in [0.1, 0.15) is 44.0 Å². The average molecular weight is 285 g/mol. The van der Waals surface area contributed by atoms with Crippen LogP contribution in [0.2, 0.25) is 0 Å². The van der Waals surface area contributed by atoms with Crippen molar-refractivity contribution in [1.29, 1.82) is 0 Å². The number of nitrogens with one attached hydrogen (secondary N) is 1. The Kier molecular flexibility index (Phi) is 4.01. The molecule has 0 unspecified atom stereocenters. The van der Waals surface area contributed by atoms with Crippen molar-refractivity contribution in [2.45, 2.75) is 57.4 Å². The Bertz CT molecular complexity index is 523. The average Bonchev–Trinajstić information content (AvgIpc) is 2.69. The molecule has 2 rings (SSSR count). The molecule has 1 aliphatic carbocycles. The van der Waals surface area contributed by atoms with Crippen LogP contribution >= 0.6 is 0 Å². The summed E-state index contributed by atoms with van der Waals surface area (Å²) in [5.74, 6) is 0.713. The van der Waals surface area contributed by atoms with E-state index < -0.39 is 10.0 Å². The predicted molar refractivity (Wildman–Crippen MR) is 74.4 cm³/mol. The fourth-order valence-electron chi connectivity index (χ4n) is 2.87. The Morgan fingerprint density at radius 2 is 1.79 bits per heavy atom.